The molecule has 1 fully saturated rings. The molecule has 0 bridgehead atoms. The quantitative estimate of drug-likeness (QED) is 0.648. The zero-order valence-electron chi connectivity index (χ0n) is 17.6. The predicted molar refractivity (Wildman–Crippen MR) is 115 cm³/mol. The van der Waals surface area contributed by atoms with E-state index in [1.165, 1.54) is 16.8 Å². The van der Waals surface area contributed by atoms with E-state index in [1.54, 1.807) is 7.11 Å². The van der Waals surface area contributed by atoms with Crippen LogP contribution in [0, 0.1) is 13.8 Å². The smallest absolute Gasteiger partial charge is 0.236 e. The van der Waals surface area contributed by atoms with Crippen LogP contribution < -0.4 is 9.64 Å². The first kappa shape index (κ1) is 19.9. The highest BCUT2D eigenvalue weighted by Crippen LogP contribution is 2.24. The molecule has 2 heterocycles. The number of nitrogens with zero attached hydrogens (tertiary/aromatic N) is 4. The number of anilines is 1. The molecule has 30 heavy (non-hydrogen) atoms. The van der Waals surface area contributed by atoms with Gasteiger partial charge in [0.15, 0.2) is 0 Å². The number of piperazine rings is 1. The average molecular weight is 406 g/mol. The predicted octanol–water partition coefficient (Wildman–Crippen LogP) is 3.25. The Morgan fingerprint density at radius 1 is 1.07 bits per heavy atom. The van der Waals surface area contributed by atoms with Crippen molar-refractivity contribution < 1.29 is 14.1 Å². The molecular formula is C23H26N4O3. The molecule has 3 aromatic rings. The van der Waals surface area contributed by atoms with Crippen molar-refractivity contribution >= 4 is 11.6 Å². The Kier molecular flexibility index (Phi) is 5.70. The maximum absolute atomic E-state index is 12.7. The third-order valence-electron chi connectivity index (χ3n) is 5.67. The van der Waals surface area contributed by atoms with E-state index in [4.69, 9.17) is 9.26 Å². The normalized spacial score (nSPS) is 14.1. The number of carbonyl (C=O) groups excluding carboxylic acids is 1. The number of amides is 1. The van der Waals surface area contributed by atoms with Gasteiger partial charge in [-0.3, -0.25) is 4.79 Å². The first-order valence-electron chi connectivity index (χ1n) is 10.1. The van der Waals surface area contributed by atoms with Crippen molar-refractivity contribution in [2.45, 2.75) is 20.3 Å². The first-order chi connectivity index (χ1) is 14.5. The monoisotopic (exact) mass is 406 g/mol. The van der Waals surface area contributed by atoms with Crippen molar-refractivity contribution in [3.8, 4) is 17.1 Å². The van der Waals surface area contributed by atoms with Crippen molar-refractivity contribution in [2.75, 3.05) is 38.2 Å². The van der Waals surface area contributed by atoms with Crippen molar-refractivity contribution in [2.24, 2.45) is 0 Å². The van der Waals surface area contributed by atoms with E-state index in [-0.39, 0.29) is 12.3 Å². The highest BCUT2D eigenvalue weighted by atomic mass is 16.5. The molecule has 0 N–H and O–H groups in total. The Morgan fingerprint density at radius 3 is 2.50 bits per heavy atom. The van der Waals surface area contributed by atoms with Crippen LogP contribution in [0.4, 0.5) is 5.69 Å². The second-order valence-corrected chi connectivity index (χ2v) is 7.50. The Morgan fingerprint density at radius 2 is 1.80 bits per heavy atom. The van der Waals surface area contributed by atoms with Crippen LogP contribution >= 0.6 is 0 Å². The van der Waals surface area contributed by atoms with Gasteiger partial charge >= 0.3 is 0 Å². The molecule has 0 unspecified atom stereocenters. The van der Waals surface area contributed by atoms with Gasteiger partial charge in [-0.05, 0) is 55.3 Å². The number of ether oxygens (including phenoxy) is 1. The molecule has 1 amide bonds. The van der Waals surface area contributed by atoms with Crippen molar-refractivity contribution in [3.05, 3.63) is 59.5 Å². The number of hydrogen-bond donors (Lipinski definition) is 0. The van der Waals surface area contributed by atoms with Gasteiger partial charge in [0.2, 0.25) is 17.6 Å². The van der Waals surface area contributed by atoms with E-state index < -0.39 is 0 Å². The fourth-order valence-corrected chi connectivity index (χ4v) is 3.70. The minimum atomic E-state index is 0.0144. The topological polar surface area (TPSA) is 71.7 Å². The van der Waals surface area contributed by atoms with E-state index in [9.17, 15) is 4.79 Å². The maximum Gasteiger partial charge on any atom is 0.236 e. The average Bonchev–Trinajstić information content (AvgIpc) is 3.24. The molecule has 4 rings (SSSR count). The lowest BCUT2D eigenvalue weighted by Gasteiger charge is -2.37. The van der Waals surface area contributed by atoms with Gasteiger partial charge in [-0.2, -0.15) is 4.98 Å². The zero-order valence-corrected chi connectivity index (χ0v) is 17.6. The Balaban J connectivity index is 1.35. The lowest BCUT2D eigenvalue weighted by atomic mass is 10.1. The summed E-state index contributed by atoms with van der Waals surface area (Å²) in [4.78, 5) is 21.3. The van der Waals surface area contributed by atoms with Gasteiger partial charge in [0.05, 0.1) is 7.11 Å². The van der Waals surface area contributed by atoms with Crippen LogP contribution in [0.2, 0.25) is 0 Å². The summed E-state index contributed by atoms with van der Waals surface area (Å²) in [7, 11) is 1.62. The van der Waals surface area contributed by atoms with Crippen molar-refractivity contribution in [1.82, 2.24) is 15.0 Å². The summed E-state index contributed by atoms with van der Waals surface area (Å²) in [6.07, 6.45) is 0.118. The molecular weight excluding hydrogens is 380 g/mol. The van der Waals surface area contributed by atoms with Crippen molar-refractivity contribution in [3.63, 3.8) is 0 Å². The molecule has 0 radical (unpaired) electrons. The molecule has 1 aliphatic rings. The van der Waals surface area contributed by atoms with Crippen LogP contribution in [0.1, 0.15) is 17.0 Å². The molecule has 0 saturated carbocycles. The summed E-state index contributed by atoms with van der Waals surface area (Å²) in [5, 5.41) is 4.00. The summed E-state index contributed by atoms with van der Waals surface area (Å²) < 4.78 is 10.5. The number of aryl methyl sites for hydroxylation is 1. The van der Waals surface area contributed by atoms with E-state index in [0.29, 0.717) is 24.8 Å². The molecule has 1 aromatic heterocycles. The number of aromatic nitrogens is 2. The van der Waals surface area contributed by atoms with Gasteiger partial charge in [-0.25, -0.2) is 0 Å². The highest BCUT2D eigenvalue weighted by molar-refractivity contribution is 5.78. The van der Waals surface area contributed by atoms with Crippen molar-refractivity contribution in [1.29, 1.82) is 0 Å². The minimum Gasteiger partial charge on any atom is -0.497 e. The summed E-state index contributed by atoms with van der Waals surface area (Å²) in [5.74, 6) is 1.58. The Labute approximate surface area is 176 Å². The number of methoxy groups -OCH3 is 1. The van der Waals surface area contributed by atoms with Crippen LogP contribution in [0.5, 0.6) is 5.75 Å². The lowest BCUT2D eigenvalue weighted by Crippen LogP contribution is -2.49. The standard InChI is InChI=1S/C23H26N4O3/c1-16-5-4-6-20(17(16)2)26-11-13-27(14-12-26)22(28)15-21-24-23(25-30-21)18-7-9-19(29-3)10-8-18/h4-10H,11-15H2,1-3H3. The molecule has 2 aromatic carbocycles. The largest absolute Gasteiger partial charge is 0.497 e. The number of carbonyl (C=O) groups is 1. The molecule has 156 valence electrons. The summed E-state index contributed by atoms with van der Waals surface area (Å²) in [6, 6.07) is 13.8. The van der Waals surface area contributed by atoms with Gasteiger partial charge in [0.25, 0.3) is 0 Å². The Bertz CT molecular complexity index is 1020. The first-order valence-corrected chi connectivity index (χ1v) is 10.1. The van der Waals surface area contributed by atoms with Crippen LogP contribution in [0.3, 0.4) is 0 Å². The second-order valence-electron chi connectivity index (χ2n) is 7.50. The number of benzene rings is 2. The SMILES string of the molecule is COc1ccc(-c2noc(CC(=O)N3CCN(c4cccc(C)c4C)CC3)n2)cc1. The second kappa shape index (κ2) is 8.57. The van der Waals surface area contributed by atoms with Gasteiger partial charge in [0.1, 0.15) is 12.2 Å². The Hall–Kier alpha value is -3.35. The fraction of sp³-hybridized carbons (Fsp3) is 0.348. The van der Waals surface area contributed by atoms with Crippen LogP contribution in [0.25, 0.3) is 11.4 Å². The fourth-order valence-electron chi connectivity index (χ4n) is 3.70. The summed E-state index contributed by atoms with van der Waals surface area (Å²) in [6.45, 7) is 7.28. The molecule has 0 atom stereocenters. The summed E-state index contributed by atoms with van der Waals surface area (Å²) in [5.41, 5.74) is 4.66. The van der Waals surface area contributed by atoms with E-state index in [1.807, 2.05) is 29.2 Å². The number of rotatable bonds is 5. The van der Waals surface area contributed by atoms with E-state index >= 15 is 0 Å². The molecule has 0 aliphatic carbocycles. The van der Waals surface area contributed by atoms with Gasteiger partial charge in [-0.15, -0.1) is 0 Å². The van der Waals surface area contributed by atoms with Crippen LogP contribution in [-0.4, -0.2) is 54.2 Å². The van der Waals surface area contributed by atoms with Gasteiger partial charge < -0.3 is 19.1 Å². The van der Waals surface area contributed by atoms with E-state index in [0.717, 1.165) is 24.4 Å². The van der Waals surface area contributed by atoms with Crippen LogP contribution in [0.15, 0.2) is 47.0 Å². The molecule has 7 heteroatoms. The molecule has 7 nitrogen and oxygen atoms in total. The lowest BCUT2D eigenvalue weighted by molar-refractivity contribution is -0.131. The molecule has 1 aliphatic heterocycles. The molecule has 0 spiro atoms. The summed E-state index contributed by atoms with van der Waals surface area (Å²) >= 11 is 0. The van der Waals surface area contributed by atoms with Crippen LogP contribution in [-0.2, 0) is 11.2 Å². The van der Waals surface area contributed by atoms with Gasteiger partial charge in [-0.1, -0.05) is 17.3 Å². The van der Waals surface area contributed by atoms with Gasteiger partial charge in [0, 0.05) is 37.4 Å². The number of hydrogen-bond acceptors (Lipinski definition) is 6. The highest BCUT2D eigenvalue weighted by Gasteiger charge is 2.24. The van der Waals surface area contributed by atoms with E-state index in [2.05, 4.69) is 47.1 Å². The zero-order chi connectivity index (χ0) is 21.1. The third-order valence-corrected chi connectivity index (χ3v) is 5.67. The minimum absolute atomic E-state index is 0.0144. The third kappa shape index (κ3) is 4.15. The molecule has 1 saturated heterocycles. The maximum atomic E-state index is 12.7.